The first-order chi connectivity index (χ1) is 23.6. The quantitative estimate of drug-likeness (QED) is 0.230. The number of methoxy groups -OCH3 is 2. The maximum atomic E-state index is 15.4. The Labute approximate surface area is 286 Å². The molecular weight excluding hydrogens is 644 g/mol. The number of sulfonamides is 1. The van der Waals surface area contributed by atoms with Crippen LogP contribution in [0.4, 0.5) is 11.4 Å². The third kappa shape index (κ3) is 5.70. The van der Waals surface area contributed by atoms with Crippen LogP contribution in [0.3, 0.4) is 0 Å². The van der Waals surface area contributed by atoms with E-state index in [9.17, 15) is 13.7 Å². The molecule has 0 spiro atoms. The van der Waals surface area contributed by atoms with E-state index in [0.717, 1.165) is 15.7 Å². The summed E-state index contributed by atoms with van der Waals surface area (Å²) in [5.41, 5.74) is 1.53. The van der Waals surface area contributed by atoms with E-state index in [0.29, 0.717) is 54.6 Å². The molecule has 0 aliphatic carbocycles. The highest BCUT2D eigenvalue weighted by Gasteiger charge is 2.61. The number of ether oxygens (including phenoxy) is 3. The lowest BCUT2D eigenvalue weighted by Gasteiger charge is -2.46. The van der Waals surface area contributed by atoms with Crippen molar-refractivity contribution in [1.82, 2.24) is 14.9 Å². The number of rotatable bonds is 10. The second-order valence-corrected chi connectivity index (χ2v) is 13.8. The highest BCUT2D eigenvalue weighted by molar-refractivity contribution is 7.93. The van der Waals surface area contributed by atoms with E-state index >= 15 is 4.79 Å². The summed E-state index contributed by atoms with van der Waals surface area (Å²) >= 11 is 0. The molecule has 2 aliphatic heterocycles. The molecule has 4 aromatic rings. The van der Waals surface area contributed by atoms with Crippen LogP contribution in [0.15, 0.2) is 78.1 Å². The minimum Gasteiger partial charge on any atom is -0.497 e. The maximum absolute atomic E-state index is 15.4. The van der Waals surface area contributed by atoms with Crippen LogP contribution in [-0.4, -0.2) is 76.2 Å². The van der Waals surface area contributed by atoms with E-state index in [4.69, 9.17) is 14.2 Å². The molecule has 1 saturated heterocycles. The van der Waals surface area contributed by atoms with Gasteiger partial charge in [-0.25, -0.2) is 4.98 Å². The normalized spacial score (nSPS) is 17.9. The van der Waals surface area contributed by atoms with Crippen LogP contribution < -0.4 is 23.4 Å². The van der Waals surface area contributed by atoms with Crippen LogP contribution >= 0.6 is 0 Å². The summed E-state index contributed by atoms with van der Waals surface area (Å²) in [6, 6.07) is 18.8. The van der Waals surface area contributed by atoms with Gasteiger partial charge >= 0.3 is 0 Å². The number of nitrogens with zero attached hydrogens (tertiary/aromatic N) is 6. The minimum absolute atomic E-state index is 0.137. The number of carbonyl (C=O) groups is 1. The molecule has 0 radical (unpaired) electrons. The van der Waals surface area contributed by atoms with E-state index in [-0.39, 0.29) is 28.8 Å². The fourth-order valence-corrected chi connectivity index (χ4v) is 7.99. The number of piperazine rings is 1. The Morgan fingerprint density at radius 3 is 2.29 bits per heavy atom. The summed E-state index contributed by atoms with van der Waals surface area (Å²) in [6.45, 7) is 8.15. The molecule has 1 unspecified atom stereocenters. The summed E-state index contributed by atoms with van der Waals surface area (Å²) in [7, 11) is -1.55. The molecule has 49 heavy (non-hydrogen) atoms. The third-order valence-corrected chi connectivity index (χ3v) is 10.6. The first-order valence-electron chi connectivity index (χ1n) is 16.0. The second-order valence-electron chi connectivity index (χ2n) is 12.0. The molecule has 1 fully saturated rings. The van der Waals surface area contributed by atoms with Gasteiger partial charge in [-0.15, -0.1) is 0 Å². The van der Waals surface area contributed by atoms with Crippen molar-refractivity contribution in [1.29, 1.82) is 5.26 Å². The van der Waals surface area contributed by atoms with Gasteiger partial charge in [-0.2, -0.15) is 18.0 Å². The number of benzene rings is 2. The van der Waals surface area contributed by atoms with E-state index in [1.807, 2.05) is 17.9 Å². The molecule has 1 atom stereocenters. The van der Waals surface area contributed by atoms with E-state index in [1.165, 1.54) is 44.7 Å². The molecule has 4 heterocycles. The Hall–Kier alpha value is -5.19. The fourth-order valence-electron chi connectivity index (χ4n) is 6.61. The first kappa shape index (κ1) is 33.7. The Kier molecular flexibility index (Phi) is 9.20. The van der Waals surface area contributed by atoms with Gasteiger partial charge in [-0.05, 0) is 67.4 Å². The van der Waals surface area contributed by atoms with Gasteiger partial charge in [0.15, 0.2) is 10.6 Å². The molecule has 6 rings (SSSR count). The maximum Gasteiger partial charge on any atom is 0.288 e. The van der Waals surface area contributed by atoms with Crippen molar-refractivity contribution in [3.05, 3.63) is 95.4 Å². The van der Waals surface area contributed by atoms with Gasteiger partial charge in [0.25, 0.3) is 15.9 Å². The standard InChI is InChI=1S/C36H38N6O6S/c1-6-48-33-21-27(46-4)8-10-29(33)36(41-17-15-40(16-18-41)26-13-14-38-31(20-26)24(2)3)30-19-25(22-37)7-11-32(30)42(35(36)43)49(44,45)34-12-9-28(47-5)23-39-34/h7-14,19-21,23-24H,6,15-18H2,1-5H3. The molecule has 12 nitrogen and oxygen atoms in total. The Morgan fingerprint density at radius 1 is 0.918 bits per heavy atom. The Balaban J connectivity index is 1.55. The van der Waals surface area contributed by atoms with Crippen molar-refractivity contribution < 1.29 is 27.4 Å². The van der Waals surface area contributed by atoms with Gasteiger partial charge in [0.2, 0.25) is 0 Å². The topological polar surface area (TPSA) is 138 Å². The Morgan fingerprint density at radius 2 is 1.65 bits per heavy atom. The summed E-state index contributed by atoms with van der Waals surface area (Å²) < 4.78 is 46.6. The summed E-state index contributed by atoms with van der Waals surface area (Å²) in [4.78, 5) is 28.3. The van der Waals surface area contributed by atoms with E-state index < -0.39 is 21.5 Å². The largest absolute Gasteiger partial charge is 0.497 e. The van der Waals surface area contributed by atoms with Crippen LogP contribution in [-0.2, 0) is 20.4 Å². The van der Waals surface area contributed by atoms with Gasteiger partial charge in [0, 0.05) is 61.0 Å². The van der Waals surface area contributed by atoms with Crippen LogP contribution in [0.1, 0.15) is 49.1 Å². The molecule has 2 aromatic heterocycles. The monoisotopic (exact) mass is 682 g/mol. The molecule has 0 N–H and O–H groups in total. The molecule has 254 valence electrons. The zero-order valence-electron chi connectivity index (χ0n) is 28.1. The van der Waals surface area contributed by atoms with Crippen molar-refractivity contribution >= 4 is 27.3 Å². The van der Waals surface area contributed by atoms with Gasteiger partial charge in [-0.3, -0.25) is 14.7 Å². The number of amides is 1. The lowest BCUT2D eigenvalue weighted by molar-refractivity contribution is -0.127. The van der Waals surface area contributed by atoms with Gasteiger partial charge < -0.3 is 19.1 Å². The third-order valence-electron chi connectivity index (χ3n) is 9.03. The SMILES string of the molecule is CCOc1cc(OC)ccc1C1(N2CCN(c3ccnc(C(C)C)c3)CC2)C(=O)N(S(=O)(=O)c2ccc(OC)cn2)c2ccc(C#N)cc21. The summed E-state index contributed by atoms with van der Waals surface area (Å²) in [5, 5.41) is 9.69. The molecule has 0 bridgehead atoms. The second kappa shape index (κ2) is 13.4. The fraction of sp³-hybridized carbons (Fsp3) is 0.333. The Bertz CT molecular complexity index is 2020. The number of fused-ring (bicyclic) bond motifs is 1. The van der Waals surface area contributed by atoms with Crippen molar-refractivity contribution in [2.75, 3.05) is 56.2 Å². The highest BCUT2D eigenvalue weighted by atomic mass is 32.2. The van der Waals surface area contributed by atoms with Crippen LogP contribution in [0.25, 0.3) is 0 Å². The van der Waals surface area contributed by atoms with E-state index in [2.05, 4.69) is 40.9 Å². The molecule has 0 saturated carbocycles. The van der Waals surface area contributed by atoms with Crippen molar-refractivity contribution in [2.45, 2.75) is 37.3 Å². The number of carbonyl (C=O) groups excluding carboxylic acids is 1. The number of anilines is 2. The van der Waals surface area contributed by atoms with Crippen LogP contribution in [0, 0.1) is 11.3 Å². The predicted molar refractivity (Wildman–Crippen MR) is 184 cm³/mol. The lowest BCUT2D eigenvalue weighted by atomic mass is 9.80. The van der Waals surface area contributed by atoms with Crippen molar-refractivity contribution in [2.24, 2.45) is 0 Å². The van der Waals surface area contributed by atoms with Crippen molar-refractivity contribution in [3.8, 4) is 23.3 Å². The minimum atomic E-state index is -4.54. The average molecular weight is 683 g/mol. The van der Waals surface area contributed by atoms with Gasteiger partial charge in [-0.1, -0.05) is 13.8 Å². The molecule has 13 heteroatoms. The average Bonchev–Trinajstić information content (AvgIpc) is 3.39. The highest BCUT2D eigenvalue weighted by Crippen LogP contribution is 2.53. The first-order valence-corrected chi connectivity index (χ1v) is 17.5. The number of aromatic nitrogens is 2. The number of hydrogen-bond acceptors (Lipinski definition) is 11. The molecule has 2 aromatic carbocycles. The lowest BCUT2D eigenvalue weighted by Crippen LogP contribution is -2.60. The van der Waals surface area contributed by atoms with Crippen LogP contribution in [0.2, 0.25) is 0 Å². The summed E-state index contributed by atoms with van der Waals surface area (Å²) in [5.74, 6) is 0.775. The number of nitriles is 1. The van der Waals surface area contributed by atoms with Gasteiger partial charge in [0.05, 0.1) is 44.3 Å². The molecule has 1 amide bonds. The smallest absolute Gasteiger partial charge is 0.288 e. The molecule has 2 aliphatic rings. The summed E-state index contributed by atoms with van der Waals surface area (Å²) in [6.07, 6.45) is 3.10. The van der Waals surface area contributed by atoms with E-state index in [1.54, 1.807) is 30.5 Å². The van der Waals surface area contributed by atoms with Gasteiger partial charge in [0.1, 0.15) is 17.2 Å². The van der Waals surface area contributed by atoms with Crippen molar-refractivity contribution in [3.63, 3.8) is 0 Å². The number of pyridine rings is 2. The zero-order chi connectivity index (χ0) is 34.9. The number of hydrogen-bond donors (Lipinski definition) is 0. The molecular formula is C36H38N6O6S. The predicted octanol–water partition coefficient (Wildman–Crippen LogP) is 4.69. The van der Waals surface area contributed by atoms with Crippen LogP contribution in [0.5, 0.6) is 17.2 Å². The zero-order valence-corrected chi connectivity index (χ0v) is 28.9.